The highest BCUT2D eigenvalue weighted by Gasteiger charge is 2.10. The summed E-state index contributed by atoms with van der Waals surface area (Å²) in [5, 5.41) is 7.70. The number of hydrogen-bond acceptors (Lipinski definition) is 4. The van der Waals surface area contributed by atoms with Crippen LogP contribution in [0.3, 0.4) is 0 Å². The van der Waals surface area contributed by atoms with E-state index in [1.54, 1.807) is 30.1 Å². The molecule has 1 heterocycles. The Labute approximate surface area is 105 Å². The fourth-order valence-electron chi connectivity index (χ4n) is 1.67. The standard InChI is InChI=1S/C13H15N3O2/c1-3-18-12-6-4-5-10(7-12)13(17)8-11-9-16(2)15-14-11/h4-7,9H,3,8H2,1-2H3. The van der Waals surface area contributed by atoms with Gasteiger partial charge in [-0.25, -0.2) is 0 Å². The van der Waals surface area contributed by atoms with Crippen LogP contribution in [0.4, 0.5) is 0 Å². The first kappa shape index (κ1) is 12.3. The summed E-state index contributed by atoms with van der Waals surface area (Å²) < 4.78 is 6.95. The summed E-state index contributed by atoms with van der Waals surface area (Å²) in [6, 6.07) is 7.18. The zero-order valence-electron chi connectivity index (χ0n) is 10.5. The van der Waals surface area contributed by atoms with Gasteiger partial charge in [0.2, 0.25) is 0 Å². The molecule has 0 aliphatic carbocycles. The Morgan fingerprint density at radius 2 is 2.28 bits per heavy atom. The molecule has 5 heteroatoms. The van der Waals surface area contributed by atoms with Gasteiger partial charge in [0.05, 0.1) is 18.7 Å². The zero-order chi connectivity index (χ0) is 13.0. The predicted molar refractivity (Wildman–Crippen MR) is 66.6 cm³/mol. The van der Waals surface area contributed by atoms with Crippen molar-refractivity contribution in [3.63, 3.8) is 0 Å². The van der Waals surface area contributed by atoms with Gasteiger partial charge in [0.15, 0.2) is 5.78 Å². The minimum absolute atomic E-state index is 0.0112. The number of ketones is 1. The number of carbonyl (C=O) groups excluding carboxylic acids is 1. The van der Waals surface area contributed by atoms with Crippen LogP contribution in [0.2, 0.25) is 0 Å². The molecule has 0 saturated carbocycles. The van der Waals surface area contributed by atoms with Crippen LogP contribution >= 0.6 is 0 Å². The predicted octanol–water partition coefficient (Wildman–Crippen LogP) is 1.64. The van der Waals surface area contributed by atoms with Gasteiger partial charge in [-0.2, -0.15) is 0 Å². The Morgan fingerprint density at radius 3 is 2.94 bits per heavy atom. The van der Waals surface area contributed by atoms with Gasteiger partial charge in [-0.3, -0.25) is 9.48 Å². The molecule has 94 valence electrons. The lowest BCUT2D eigenvalue weighted by Crippen LogP contribution is -2.04. The molecule has 0 spiro atoms. The Bertz CT molecular complexity index is 549. The average molecular weight is 245 g/mol. The molecular weight excluding hydrogens is 230 g/mol. The van der Waals surface area contributed by atoms with Crippen LogP contribution in [0.15, 0.2) is 30.5 Å². The smallest absolute Gasteiger partial charge is 0.169 e. The maximum atomic E-state index is 12.0. The first-order valence-electron chi connectivity index (χ1n) is 5.80. The number of nitrogens with zero attached hydrogens (tertiary/aromatic N) is 3. The van der Waals surface area contributed by atoms with Gasteiger partial charge in [0, 0.05) is 18.8 Å². The molecular formula is C13H15N3O2. The van der Waals surface area contributed by atoms with Crippen LogP contribution in [0.5, 0.6) is 5.75 Å². The lowest BCUT2D eigenvalue weighted by atomic mass is 10.1. The summed E-state index contributed by atoms with van der Waals surface area (Å²) in [4.78, 5) is 12.0. The van der Waals surface area contributed by atoms with Gasteiger partial charge < -0.3 is 4.74 Å². The van der Waals surface area contributed by atoms with Crippen molar-refractivity contribution < 1.29 is 9.53 Å². The largest absolute Gasteiger partial charge is 0.494 e. The molecule has 0 radical (unpaired) electrons. The molecule has 0 bridgehead atoms. The van der Waals surface area contributed by atoms with E-state index < -0.39 is 0 Å². The average Bonchev–Trinajstić information content (AvgIpc) is 2.75. The zero-order valence-corrected chi connectivity index (χ0v) is 10.5. The second-order valence-corrected chi connectivity index (χ2v) is 3.94. The summed E-state index contributed by atoms with van der Waals surface area (Å²) in [5.74, 6) is 0.722. The van der Waals surface area contributed by atoms with Crippen molar-refractivity contribution in [1.82, 2.24) is 15.0 Å². The Hall–Kier alpha value is -2.17. The van der Waals surface area contributed by atoms with E-state index in [4.69, 9.17) is 4.74 Å². The Morgan fingerprint density at radius 1 is 1.44 bits per heavy atom. The maximum absolute atomic E-state index is 12.0. The highest BCUT2D eigenvalue weighted by Crippen LogP contribution is 2.14. The molecule has 0 atom stereocenters. The minimum atomic E-state index is 0.0112. The van der Waals surface area contributed by atoms with Crippen LogP contribution in [0, 0.1) is 0 Å². The number of aryl methyl sites for hydroxylation is 1. The first-order chi connectivity index (χ1) is 8.69. The van der Waals surface area contributed by atoms with Gasteiger partial charge >= 0.3 is 0 Å². The molecule has 0 aliphatic rings. The maximum Gasteiger partial charge on any atom is 0.169 e. The third kappa shape index (κ3) is 2.94. The van der Waals surface area contributed by atoms with Crippen LogP contribution in [-0.4, -0.2) is 27.4 Å². The van der Waals surface area contributed by atoms with Gasteiger partial charge in [0.1, 0.15) is 5.75 Å². The fraction of sp³-hybridized carbons (Fsp3) is 0.308. The Kier molecular flexibility index (Phi) is 3.72. The number of ether oxygens (including phenoxy) is 1. The van der Waals surface area contributed by atoms with Crippen LogP contribution < -0.4 is 4.74 Å². The summed E-state index contributed by atoms with van der Waals surface area (Å²) in [7, 11) is 1.77. The molecule has 0 fully saturated rings. The van der Waals surface area contributed by atoms with Gasteiger partial charge in [-0.15, -0.1) is 5.10 Å². The second-order valence-electron chi connectivity index (χ2n) is 3.94. The molecule has 2 aromatic rings. The van der Waals surface area contributed by atoms with Crippen LogP contribution in [-0.2, 0) is 13.5 Å². The highest BCUT2D eigenvalue weighted by molar-refractivity contribution is 5.97. The number of Topliss-reactive ketones (excluding diaryl/α,β-unsaturated/α-hetero) is 1. The van der Waals surface area contributed by atoms with Crippen LogP contribution in [0.25, 0.3) is 0 Å². The molecule has 0 amide bonds. The molecule has 0 unspecified atom stereocenters. The number of hydrogen-bond donors (Lipinski definition) is 0. The third-order valence-electron chi connectivity index (χ3n) is 2.46. The number of benzene rings is 1. The molecule has 1 aromatic heterocycles. The van der Waals surface area contributed by atoms with Gasteiger partial charge in [-0.05, 0) is 19.1 Å². The van der Waals surface area contributed by atoms with Crippen molar-refractivity contribution in [3.8, 4) is 5.75 Å². The molecule has 0 N–H and O–H groups in total. The van der Waals surface area contributed by atoms with Gasteiger partial charge in [0.25, 0.3) is 0 Å². The lowest BCUT2D eigenvalue weighted by molar-refractivity contribution is 0.0991. The van der Waals surface area contributed by atoms with E-state index in [1.165, 1.54) is 0 Å². The topological polar surface area (TPSA) is 57.0 Å². The van der Waals surface area contributed by atoms with E-state index in [2.05, 4.69) is 10.3 Å². The summed E-state index contributed by atoms with van der Waals surface area (Å²) in [6.07, 6.45) is 1.99. The lowest BCUT2D eigenvalue weighted by Gasteiger charge is -2.04. The molecule has 0 aliphatic heterocycles. The van der Waals surface area contributed by atoms with Crippen molar-refractivity contribution >= 4 is 5.78 Å². The van der Waals surface area contributed by atoms with Crippen molar-refractivity contribution in [3.05, 3.63) is 41.7 Å². The van der Waals surface area contributed by atoms with Gasteiger partial charge in [-0.1, -0.05) is 17.3 Å². The summed E-state index contributed by atoms with van der Waals surface area (Å²) in [5.41, 5.74) is 1.30. The van der Waals surface area contributed by atoms with E-state index in [0.29, 0.717) is 23.6 Å². The number of rotatable bonds is 5. The molecule has 5 nitrogen and oxygen atoms in total. The Balaban J connectivity index is 2.11. The first-order valence-corrected chi connectivity index (χ1v) is 5.80. The van der Waals surface area contributed by atoms with E-state index in [1.807, 2.05) is 19.1 Å². The summed E-state index contributed by atoms with van der Waals surface area (Å²) in [6.45, 7) is 2.50. The van der Waals surface area contributed by atoms with Crippen molar-refractivity contribution in [1.29, 1.82) is 0 Å². The van der Waals surface area contributed by atoms with Crippen molar-refractivity contribution in [2.75, 3.05) is 6.61 Å². The number of aromatic nitrogens is 3. The molecule has 0 saturated heterocycles. The number of carbonyl (C=O) groups is 1. The van der Waals surface area contributed by atoms with E-state index in [-0.39, 0.29) is 12.2 Å². The van der Waals surface area contributed by atoms with Crippen molar-refractivity contribution in [2.45, 2.75) is 13.3 Å². The van der Waals surface area contributed by atoms with E-state index in [0.717, 1.165) is 0 Å². The van der Waals surface area contributed by atoms with E-state index >= 15 is 0 Å². The highest BCUT2D eigenvalue weighted by atomic mass is 16.5. The summed E-state index contributed by atoms with van der Waals surface area (Å²) >= 11 is 0. The van der Waals surface area contributed by atoms with Crippen LogP contribution in [0.1, 0.15) is 23.0 Å². The second kappa shape index (κ2) is 5.44. The SMILES string of the molecule is CCOc1cccc(C(=O)Cc2cn(C)nn2)c1. The monoisotopic (exact) mass is 245 g/mol. The fourth-order valence-corrected chi connectivity index (χ4v) is 1.67. The molecule has 1 aromatic carbocycles. The normalized spacial score (nSPS) is 10.3. The quantitative estimate of drug-likeness (QED) is 0.751. The van der Waals surface area contributed by atoms with E-state index in [9.17, 15) is 4.79 Å². The van der Waals surface area contributed by atoms with Crippen molar-refractivity contribution in [2.24, 2.45) is 7.05 Å². The molecule has 2 rings (SSSR count). The molecule has 18 heavy (non-hydrogen) atoms. The minimum Gasteiger partial charge on any atom is -0.494 e. The third-order valence-corrected chi connectivity index (χ3v) is 2.46.